The van der Waals surface area contributed by atoms with Crippen molar-refractivity contribution in [3.63, 3.8) is 0 Å². The van der Waals surface area contributed by atoms with Crippen molar-refractivity contribution in [3.8, 4) is 23.0 Å². The predicted molar refractivity (Wildman–Crippen MR) is 593 cm³/mol. The number of sulfonamides is 1. The molecule has 0 bridgehead atoms. The number of benzene rings is 7. The van der Waals surface area contributed by atoms with Gasteiger partial charge in [-0.15, -0.1) is 0 Å². The first-order chi connectivity index (χ1) is 68.6. The van der Waals surface area contributed by atoms with Gasteiger partial charge in [-0.05, 0) is 228 Å². The standard InChI is InChI=1S/C27H36ClN6O4PS.C26H32ClN6O2P.C25H30ClN6O3P.C20H24ClN6O4PS/c1-18(2)40(36,37)25-15-19(34-13-11-33(3)12-14-34)7-9-23(25)30-26-21(28)17-29-27(32-26)31-22-10-8-20(39(5,6)35)16-24(22)38-4;1-35-23-16-19(33-14-12-32(13-15-33)18-8-9-18)10-11-21(23)30-26-28-17-20(27)25(31-26)29-22-6-4-5-7-24(22)36(2,3)34;1-31(2)15-23(33)32-11-10-16-12-21(35-3)19(13-20(16)32)29-25-27-14-17(26)24(30-25)28-18-8-6-7-9-22(18)36(4,5)34;1-27(33(5,29)30)19-16(7-6-10-22-19)24-18-14(21)12-23-20(26-18)25-15-9-8-13(32(3,4)28)11-17(15)31-2/h7-10,15-18H,11-14H2,1-6H3,(H2,29,30,31,32);4-7,10-11,16-18H,8-9,12-15H2,1-3H3,(H2,28,29,30,31);6-9,12-14H,10-11,15H2,1-5H3,(H2,27,28,29,30);6-12H,1-5H3,(H2,23,24,25,26). The average molecular weight is 2170 g/mol. The molecule has 16 rings (SSSR count). The van der Waals surface area contributed by atoms with E-state index in [1.54, 1.807) is 153 Å². The van der Waals surface area contributed by atoms with Gasteiger partial charge in [0.05, 0.1) is 122 Å². The van der Waals surface area contributed by atoms with Gasteiger partial charge in [-0.2, -0.15) is 19.9 Å². The number of aromatic nitrogens is 9. The molecular formula is C98H122Cl4N24O13P4S2. The van der Waals surface area contributed by atoms with Crippen LogP contribution in [-0.4, -0.2) is 275 Å². The smallest absolute Gasteiger partial charge is 0.241 e. The number of methoxy groups -OCH3 is 4. The zero-order valence-electron chi connectivity index (χ0n) is 84.2. The largest absolute Gasteiger partial charge is 0.495 e. The van der Waals surface area contributed by atoms with E-state index in [-0.39, 0.29) is 56.1 Å². The molecule has 8 N–H and O–H groups in total. The van der Waals surface area contributed by atoms with Gasteiger partial charge in [0.15, 0.2) is 38.9 Å². The van der Waals surface area contributed by atoms with Gasteiger partial charge in [-0.25, -0.2) is 41.8 Å². The number of rotatable bonds is 33. The van der Waals surface area contributed by atoms with Gasteiger partial charge >= 0.3 is 0 Å². The molecular weight excluding hydrogens is 2050 g/mol. The molecule has 1 saturated carbocycles. The van der Waals surface area contributed by atoms with Gasteiger partial charge in [-0.1, -0.05) is 70.7 Å². The van der Waals surface area contributed by atoms with E-state index in [0.29, 0.717) is 119 Å². The fourth-order valence-electron chi connectivity index (χ4n) is 15.7. The SMILES string of the molecule is COc1cc(N2CCN(C3CC3)CC2)ccc1Nc1ncc(Cl)c(Nc2ccccc2P(C)(C)=O)n1.COc1cc(P(C)(C)=O)ccc1Nc1ncc(Cl)c(Nc2ccc(N3CCN(C)CC3)cc2S(=O)(=O)C(C)C)n1.COc1cc(P(C)(C)=O)ccc1Nc1ncc(Cl)c(Nc2cccnc2N(C)S(C)(=O)=O)n1.COc1cc2c(cc1Nc1ncc(Cl)c(Nc3ccccc3P(C)(C)=O)n1)N(C(=O)CN(C)C)CC2. The normalized spacial score (nSPS) is 14.1. The van der Waals surface area contributed by atoms with Crippen molar-refractivity contribution in [2.24, 2.45) is 0 Å². The van der Waals surface area contributed by atoms with Gasteiger partial charge in [0, 0.05) is 123 Å². The molecule has 8 heterocycles. The van der Waals surface area contributed by atoms with Crippen molar-refractivity contribution >= 4 is 237 Å². The monoisotopic (exact) mass is 2170 g/mol. The van der Waals surface area contributed by atoms with Crippen LogP contribution in [0.1, 0.15) is 32.3 Å². The van der Waals surface area contributed by atoms with Crippen LogP contribution in [0.15, 0.2) is 181 Å². The number of hydrogen-bond acceptors (Lipinski definition) is 35. The van der Waals surface area contributed by atoms with Gasteiger partial charge in [0.2, 0.25) is 39.7 Å². The quantitative estimate of drug-likeness (QED) is 0.0177. The summed E-state index contributed by atoms with van der Waals surface area (Å²) in [6.07, 6.45) is 11.9. The second-order valence-electron chi connectivity index (χ2n) is 36.8. The molecule has 5 aromatic heterocycles. The molecule has 145 heavy (non-hydrogen) atoms. The van der Waals surface area contributed by atoms with Crippen molar-refractivity contribution in [2.75, 3.05) is 243 Å². The highest BCUT2D eigenvalue weighted by molar-refractivity contribution is 7.92. The van der Waals surface area contributed by atoms with Crippen LogP contribution in [0.2, 0.25) is 20.1 Å². The summed E-state index contributed by atoms with van der Waals surface area (Å²) in [4.78, 5) is 65.4. The third-order valence-electron chi connectivity index (χ3n) is 23.9. The second-order valence-corrected chi connectivity index (χ2v) is 55.7. The number of fused-ring (bicyclic) bond motifs is 1. The summed E-state index contributed by atoms with van der Waals surface area (Å²) in [6, 6.07) is 44.8. The zero-order valence-corrected chi connectivity index (χ0v) is 92.4. The number of amides is 1. The maximum Gasteiger partial charge on any atom is 0.241 e. The van der Waals surface area contributed by atoms with E-state index in [9.17, 15) is 39.9 Å². The minimum absolute atomic E-state index is 0.0342. The van der Waals surface area contributed by atoms with E-state index >= 15 is 0 Å². The molecule has 3 fully saturated rings. The molecule has 4 aliphatic rings. The summed E-state index contributed by atoms with van der Waals surface area (Å²) < 4.78 is 124. The molecule has 0 radical (unpaired) electrons. The number of para-hydroxylation sites is 2. The lowest BCUT2D eigenvalue weighted by atomic mass is 10.1. The number of likely N-dealkylation sites (N-methyl/N-ethyl adjacent to an activating group) is 2. The third-order valence-corrected chi connectivity index (χ3v) is 34.5. The fourth-order valence-corrected chi connectivity index (χ4v) is 22.0. The van der Waals surface area contributed by atoms with Crippen LogP contribution in [0.25, 0.3) is 0 Å². The van der Waals surface area contributed by atoms with E-state index < -0.39 is 53.7 Å². The number of piperazine rings is 2. The number of nitrogens with zero attached hydrogens (tertiary/aromatic N) is 16. The van der Waals surface area contributed by atoms with Gasteiger partial charge in [-0.3, -0.25) is 14.0 Å². The number of nitrogens with one attached hydrogen (secondary N) is 8. The number of halogens is 4. The average Bonchev–Trinajstić information content (AvgIpc) is 1.77. The van der Waals surface area contributed by atoms with Crippen molar-refractivity contribution in [3.05, 3.63) is 202 Å². The molecule has 1 aliphatic carbocycles. The van der Waals surface area contributed by atoms with E-state index in [2.05, 4.69) is 126 Å². The lowest BCUT2D eigenvalue weighted by Gasteiger charge is -2.36. The van der Waals surface area contributed by atoms with E-state index in [0.717, 1.165) is 109 Å². The highest BCUT2D eigenvalue weighted by Crippen LogP contribution is 2.46. The molecule has 2 saturated heterocycles. The highest BCUT2D eigenvalue weighted by Gasteiger charge is 2.34. The molecule has 0 atom stereocenters. The molecule has 47 heteroatoms. The van der Waals surface area contributed by atoms with Crippen LogP contribution in [-0.2, 0) is 49.3 Å². The fraction of sp³-hybridized carbons (Fsp3) is 0.347. The Kier molecular flexibility index (Phi) is 36.2. The molecule has 772 valence electrons. The summed E-state index contributed by atoms with van der Waals surface area (Å²) in [5, 5.41) is 28.5. The van der Waals surface area contributed by atoms with Gasteiger partial charge in [0.25, 0.3) is 0 Å². The molecule has 1 amide bonds. The predicted octanol–water partition coefficient (Wildman–Crippen LogP) is 18.0. The Morgan fingerprint density at radius 3 is 1.24 bits per heavy atom. The Bertz CT molecular complexity index is 7180. The van der Waals surface area contributed by atoms with E-state index in [1.807, 2.05) is 91.8 Å². The van der Waals surface area contributed by atoms with E-state index in [1.165, 1.54) is 58.9 Å². The first-order valence-electron chi connectivity index (χ1n) is 46.1. The Morgan fingerprint density at radius 1 is 0.441 bits per heavy atom. The number of hydrogen-bond donors (Lipinski definition) is 8. The van der Waals surface area contributed by atoms with E-state index in [4.69, 9.17) is 65.4 Å². The molecule has 3 aliphatic heterocycles. The number of anilines is 20. The third kappa shape index (κ3) is 28.8. The van der Waals surface area contributed by atoms with Crippen LogP contribution in [0, 0.1) is 0 Å². The molecule has 0 unspecified atom stereocenters. The lowest BCUT2D eigenvalue weighted by Crippen LogP contribution is -2.47. The Hall–Kier alpha value is -11.7. The first-order valence-corrected chi connectivity index (χ1v) is 61.4. The Balaban J connectivity index is 0.000000162. The van der Waals surface area contributed by atoms with Gasteiger partial charge < -0.3 is 104 Å². The molecule has 12 aromatic rings. The van der Waals surface area contributed by atoms with Crippen LogP contribution in [0.3, 0.4) is 0 Å². The zero-order chi connectivity index (χ0) is 105. The van der Waals surface area contributed by atoms with Crippen LogP contribution >= 0.6 is 75.0 Å². The highest BCUT2D eigenvalue weighted by atomic mass is 35.5. The number of carbonyl (C=O) groups is 1. The van der Waals surface area contributed by atoms with Crippen LogP contribution in [0.5, 0.6) is 23.0 Å². The summed E-state index contributed by atoms with van der Waals surface area (Å²) in [5.41, 5.74) is 8.57. The molecule has 37 nitrogen and oxygen atoms in total. The summed E-state index contributed by atoms with van der Waals surface area (Å²) in [6.45, 7) is 25.6. The lowest BCUT2D eigenvalue weighted by molar-refractivity contribution is -0.119. The number of pyridine rings is 1. The Labute approximate surface area is 867 Å². The second kappa shape index (κ2) is 47.5. The topological polar surface area (TPSA) is 425 Å². The summed E-state index contributed by atoms with van der Waals surface area (Å²) >= 11 is 25.5. The van der Waals surface area contributed by atoms with Crippen molar-refractivity contribution in [2.45, 2.75) is 49.3 Å². The summed E-state index contributed by atoms with van der Waals surface area (Å²) in [5.74, 6) is 4.91. The Morgan fingerprint density at radius 2 is 0.828 bits per heavy atom. The van der Waals surface area contributed by atoms with Crippen molar-refractivity contribution < 1.29 is 58.8 Å². The number of sulfone groups is 1. The molecule has 0 spiro atoms. The first kappa shape index (κ1) is 111. The van der Waals surface area contributed by atoms with Crippen molar-refractivity contribution in [1.29, 1.82) is 0 Å². The number of carbonyl (C=O) groups excluding carboxylic acids is 1. The number of ether oxygens (including phenoxy) is 4. The van der Waals surface area contributed by atoms with Crippen LogP contribution < -0.4 is 102 Å². The van der Waals surface area contributed by atoms with Crippen LogP contribution in [0.4, 0.5) is 115 Å². The minimum atomic E-state index is -3.64. The maximum absolute atomic E-state index is 13.4. The molecule has 7 aromatic carbocycles. The van der Waals surface area contributed by atoms with Gasteiger partial charge in [0.1, 0.15) is 71.7 Å². The maximum atomic E-state index is 13.4. The minimum Gasteiger partial charge on any atom is -0.495 e. The van der Waals surface area contributed by atoms with Crippen molar-refractivity contribution in [1.82, 2.24) is 59.6 Å². The summed E-state index contributed by atoms with van der Waals surface area (Å²) in [7, 11) is -3.61.